The summed E-state index contributed by atoms with van der Waals surface area (Å²) in [6.07, 6.45) is -0.102. The summed E-state index contributed by atoms with van der Waals surface area (Å²) < 4.78 is 27.0. The molecule has 0 saturated heterocycles. The van der Waals surface area contributed by atoms with Crippen molar-refractivity contribution in [3.63, 3.8) is 0 Å². The summed E-state index contributed by atoms with van der Waals surface area (Å²) in [4.78, 5) is 11.5. The first-order chi connectivity index (χ1) is 12.2. The minimum Gasteiger partial charge on any atom is -0.496 e. The summed E-state index contributed by atoms with van der Waals surface area (Å²) in [5.41, 5.74) is 1.51. The van der Waals surface area contributed by atoms with Crippen LogP contribution in [0.2, 0.25) is 0 Å². The van der Waals surface area contributed by atoms with Crippen molar-refractivity contribution in [3.05, 3.63) is 41.5 Å². The lowest BCUT2D eigenvalue weighted by Gasteiger charge is -2.20. The van der Waals surface area contributed by atoms with E-state index < -0.39 is 11.9 Å². The van der Waals surface area contributed by atoms with Gasteiger partial charge in [0.25, 0.3) is 0 Å². The molecule has 0 aliphatic carbocycles. The van der Waals surface area contributed by atoms with Crippen LogP contribution in [-0.2, 0) is 4.79 Å². The van der Waals surface area contributed by atoms with Crippen molar-refractivity contribution in [3.8, 4) is 28.7 Å². The molecule has 2 aliphatic heterocycles. The van der Waals surface area contributed by atoms with E-state index in [4.69, 9.17) is 23.7 Å². The van der Waals surface area contributed by atoms with E-state index in [2.05, 4.69) is 0 Å². The van der Waals surface area contributed by atoms with Gasteiger partial charge in [0.1, 0.15) is 5.75 Å². The Morgan fingerprint density at radius 3 is 2.36 bits per heavy atom. The Hall–Kier alpha value is -3.09. The van der Waals surface area contributed by atoms with Crippen molar-refractivity contribution in [2.75, 3.05) is 20.7 Å². The number of rotatable bonds is 5. The monoisotopic (exact) mass is 344 g/mol. The summed E-state index contributed by atoms with van der Waals surface area (Å²) in [5.74, 6) is 1.61. The molecule has 0 amide bonds. The van der Waals surface area contributed by atoms with Gasteiger partial charge in [-0.05, 0) is 23.8 Å². The van der Waals surface area contributed by atoms with Gasteiger partial charge in [-0.15, -0.1) is 0 Å². The van der Waals surface area contributed by atoms with Gasteiger partial charge in [-0.3, -0.25) is 4.79 Å². The van der Waals surface area contributed by atoms with Crippen LogP contribution in [0.3, 0.4) is 0 Å². The van der Waals surface area contributed by atoms with Crippen molar-refractivity contribution in [2.24, 2.45) is 0 Å². The third-order valence-corrected chi connectivity index (χ3v) is 4.28. The second kappa shape index (κ2) is 6.08. The van der Waals surface area contributed by atoms with Crippen LogP contribution in [0.15, 0.2) is 30.3 Å². The number of fused-ring (bicyclic) bond motifs is 2. The van der Waals surface area contributed by atoms with Crippen LogP contribution >= 0.6 is 0 Å². The first-order valence-corrected chi connectivity index (χ1v) is 7.74. The van der Waals surface area contributed by atoms with E-state index in [0.717, 1.165) is 5.56 Å². The molecule has 1 atom stereocenters. The standard InChI is InChI=1S/C18H16O7/c1-21-14-7-17-16(24-9-25-17)5-12(14)11(6-18(19)20)10-2-3-13-15(4-10)23-8-22-13/h2-5,7,11H,6,8-9H2,1H3,(H,19,20)/t11-/m0/s1. The fraction of sp³-hybridized carbons (Fsp3) is 0.278. The number of carboxylic acid groups (broad SMARTS) is 1. The Morgan fingerprint density at radius 2 is 1.68 bits per heavy atom. The third kappa shape index (κ3) is 2.77. The number of aliphatic carboxylic acids is 1. The summed E-state index contributed by atoms with van der Waals surface area (Å²) in [5, 5.41) is 9.40. The van der Waals surface area contributed by atoms with Crippen molar-refractivity contribution in [1.29, 1.82) is 0 Å². The van der Waals surface area contributed by atoms with Gasteiger partial charge >= 0.3 is 5.97 Å². The first-order valence-electron chi connectivity index (χ1n) is 7.74. The number of carbonyl (C=O) groups is 1. The highest BCUT2D eigenvalue weighted by molar-refractivity contribution is 5.70. The molecule has 25 heavy (non-hydrogen) atoms. The minimum atomic E-state index is -0.914. The Morgan fingerprint density at radius 1 is 1.04 bits per heavy atom. The largest absolute Gasteiger partial charge is 0.496 e. The van der Waals surface area contributed by atoms with Crippen LogP contribution in [0.4, 0.5) is 0 Å². The molecule has 4 rings (SSSR count). The van der Waals surface area contributed by atoms with Gasteiger partial charge < -0.3 is 28.8 Å². The Bertz CT molecular complexity index is 830. The van der Waals surface area contributed by atoms with Gasteiger partial charge in [-0.25, -0.2) is 0 Å². The molecule has 7 nitrogen and oxygen atoms in total. The van der Waals surface area contributed by atoms with Crippen molar-refractivity contribution in [1.82, 2.24) is 0 Å². The van der Waals surface area contributed by atoms with Crippen molar-refractivity contribution in [2.45, 2.75) is 12.3 Å². The lowest BCUT2D eigenvalue weighted by atomic mass is 9.87. The summed E-state index contributed by atoms with van der Waals surface area (Å²) >= 11 is 0. The maximum absolute atomic E-state index is 11.5. The number of methoxy groups -OCH3 is 1. The predicted molar refractivity (Wildman–Crippen MR) is 85.8 cm³/mol. The Kier molecular flexibility index (Phi) is 3.76. The zero-order valence-electron chi connectivity index (χ0n) is 13.5. The second-order valence-electron chi connectivity index (χ2n) is 5.71. The molecular weight excluding hydrogens is 328 g/mol. The van der Waals surface area contributed by atoms with Crippen LogP contribution in [-0.4, -0.2) is 31.8 Å². The van der Waals surface area contributed by atoms with Gasteiger partial charge in [-0.1, -0.05) is 6.07 Å². The molecule has 0 bridgehead atoms. The van der Waals surface area contributed by atoms with Crippen LogP contribution in [0, 0.1) is 0 Å². The van der Waals surface area contributed by atoms with Crippen LogP contribution in [0.25, 0.3) is 0 Å². The van der Waals surface area contributed by atoms with Gasteiger partial charge in [0.15, 0.2) is 23.0 Å². The molecule has 2 aliphatic rings. The number of benzene rings is 2. The molecule has 130 valence electrons. The van der Waals surface area contributed by atoms with Gasteiger partial charge in [-0.2, -0.15) is 0 Å². The lowest BCUT2D eigenvalue weighted by molar-refractivity contribution is -0.137. The van der Waals surface area contributed by atoms with Gasteiger partial charge in [0, 0.05) is 17.5 Å². The number of hydrogen-bond acceptors (Lipinski definition) is 6. The first kappa shape index (κ1) is 15.4. The lowest BCUT2D eigenvalue weighted by Crippen LogP contribution is -2.09. The molecule has 0 spiro atoms. The Balaban J connectivity index is 1.81. The smallest absolute Gasteiger partial charge is 0.304 e. The highest BCUT2D eigenvalue weighted by atomic mass is 16.7. The number of carboxylic acids is 1. The van der Waals surface area contributed by atoms with Gasteiger partial charge in [0.2, 0.25) is 13.6 Å². The molecule has 0 radical (unpaired) electrons. The van der Waals surface area contributed by atoms with E-state index in [1.165, 1.54) is 0 Å². The summed E-state index contributed by atoms with van der Waals surface area (Å²) in [6.45, 7) is 0.297. The Labute approximate surface area is 143 Å². The molecule has 0 aromatic heterocycles. The van der Waals surface area contributed by atoms with Crippen molar-refractivity contribution >= 4 is 5.97 Å². The van der Waals surface area contributed by atoms with E-state index in [1.54, 1.807) is 31.4 Å². The fourth-order valence-corrected chi connectivity index (χ4v) is 3.10. The molecule has 7 heteroatoms. The topological polar surface area (TPSA) is 83.5 Å². The molecule has 2 heterocycles. The van der Waals surface area contributed by atoms with Gasteiger partial charge in [0.05, 0.1) is 13.5 Å². The third-order valence-electron chi connectivity index (χ3n) is 4.28. The molecule has 0 fully saturated rings. The predicted octanol–water partition coefficient (Wildman–Crippen LogP) is 2.76. The fourth-order valence-electron chi connectivity index (χ4n) is 3.10. The van der Waals surface area contributed by atoms with Crippen molar-refractivity contribution < 1.29 is 33.6 Å². The zero-order chi connectivity index (χ0) is 17.4. The van der Waals surface area contributed by atoms with Crippen LogP contribution < -0.4 is 23.7 Å². The van der Waals surface area contributed by atoms with E-state index in [1.807, 2.05) is 6.07 Å². The second-order valence-corrected chi connectivity index (χ2v) is 5.71. The van der Waals surface area contributed by atoms with E-state index >= 15 is 0 Å². The van der Waals surface area contributed by atoms with Crippen LogP contribution in [0.1, 0.15) is 23.5 Å². The molecule has 2 aromatic rings. The SMILES string of the molecule is COc1cc2c(cc1[C@@H](CC(=O)O)c1ccc3c(c1)OCO3)OCO2. The van der Waals surface area contributed by atoms with E-state index in [9.17, 15) is 9.90 Å². The van der Waals surface area contributed by atoms with E-state index in [0.29, 0.717) is 34.3 Å². The quantitative estimate of drug-likeness (QED) is 0.893. The molecule has 1 N–H and O–H groups in total. The highest BCUT2D eigenvalue weighted by Gasteiger charge is 2.27. The number of hydrogen-bond donors (Lipinski definition) is 1. The summed E-state index contributed by atoms with van der Waals surface area (Å²) in [7, 11) is 1.54. The minimum absolute atomic E-state index is 0.102. The molecule has 0 saturated carbocycles. The zero-order valence-corrected chi connectivity index (χ0v) is 13.5. The maximum Gasteiger partial charge on any atom is 0.304 e. The molecular formula is C18H16O7. The normalized spacial score (nSPS) is 15.1. The number of ether oxygens (including phenoxy) is 5. The molecule has 0 unspecified atom stereocenters. The van der Waals surface area contributed by atoms with Crippen LogP contribution in [0.5, 0.6) is 28.7 Å². The summed E-state index contributed by atoms with van der Waals surface area (Å²) in [6, 6.07) is 8.93. The molecule has 2 aromatic carbocycles. The maximum atomic E-state index is 11.5. The average molecular weight is 344 g/mol. The average Bonchev–Trinajstić information content (AvgIpc) is 3.25. The highest BCUT2D eigenvalue weighted by Crippen LogP contribution is 2.45. The van der Waals surface area contributed by atoms with E-state index in [-0.39, 0.29) is 20.0 Å².